The maximum absolute atomic E-state index is 11.2. The number of hydrogen-bond acceptors (Lipinski definition) is 2. The Labute approximate surface area is 110 Å². The number of Topliss-reactive ketones (excluding diaryl/α,β-unsaturated/α-hetero) is 1. The average Bonchev–Trinajstić information content (AvgIpc) is 2.35. The molecule has 100 valence electrons. The summed E-state index contributed by atoms with van der Waals surface area (Å²) in [6.45, 7) is 6.56. The molecule has 0 saturated heterocycles. The molecule has 18 heavy (non-hydrogen) atoms. The maximum atomic E-state index is 11.2. The lowest BCUT2D eigenvalue weighted by atomic mass is 10.1. The van der Waals surface area contributed by atoms with Gasteiger partial charge in [-0.15, -0.1) is 0 Å². The van der Waals surface area contributed by atoms with E-state index in [4.69, 9.17) is 4.74 Å². The second-order valence-electron chi connectivity index (χ2n) is 4.80. The summed E-state index contributed by atoms with van der Waals surface area (Å²) in [7, 11) is 0. The number of hydrogen-bond donors (Lipinski definition) is 0. The highest BCUT2D eigenvalue weighted by atomic mass is 16.5. The Morgan fingerprint density at radius 2 is 1.89 bits per heavy atom. The fraction of sp³-hybridized carbons (Fsp3) is 0.562. The van der Waals surface area contributed by atoms with Gasteiger partial charge < -0.3 is 4.74 Å². The van der Waals surface area contributed by atoms with Gasteiger partial charge in [-0.05, 0) is 44.0 Å². The third-order valence-electron chi connectivity index (χ3n) is 3.09. The Hall–Kier alpha value is -1.31. The highest BCUT2D eigenvalue weighted by Gasteiger charge is 2.04. The van der Waals surface area contributed by atoms with E-state index in [2.05, 4.69) is 6.92 Å². The van der Waals surface area contributed by atoms with Crippen LogP contribution < -0.4 is 4.74 Å². The van der Waals surface area contributed by atoms with Crippen LogP contribution in [-0.4, -0.2) is 12.4 Å². The Morgan fingerprint density at radius 1 is 1.17 bits per heavy atom. The summed E-state index contributed by atoms with van der Waals surface area (Å²) in [6.07, 6.45) is 6.22. The molecule has 0 aliphatic heterocycles. The van der Waals surface area contributed by atoms with Crippen LogP contribution in [0.1, 0.15) is 61.9 Å². The summed E-state index contributed by atoms with van der Waals surface area (Å²) in [4.78, 5) is 11.2. The molecule has 1 aromatic rings. The topological polar surface area (TPSA) is 26.3 Å². The lowest BCUT2D eigenvalue weighted by molar-refractivity contribution is 0.101. The lowest BCUT2D eigenvalue weighted by Crippen LogP contribution is -2.00. The van der Waals surface area contributed by atoms with E-state index in [0.29, 0.717) is 0 Å². The van der Waals surface area contributed by atoms with Crippen molar-refractivity contribution in [3.05, 3.63) is 29.3 Å². The second-order valence-corrected chi connectivity index (χ2v) is 4.80. The second kappa shape index (κ2) is 7.91. The van der Waals surface area contributed by atoms with Crippen molar-refractivity contribution in [1.29, 1.82) is 0 Å². The molecule has 0 spiro atoms. The minimum Gasteiger partial charge on any atom is -0.493 e. The molecular formula is C16H24O2. The zero-order valence-corrected chi connectivity index (χ0v) is 11.8. The van der Waals surface area contributed by atoms with Gasteiger partial charge in [-0.1, -0.05) is 32.6 Å². The van der Waals surface area contributed by atoms with Crippen LogP contribution in [0.15, 0.2) is 18.2 Å². The van der Waals surface area contributed by atoms with Gasteiger partial charge in [-0.3, -0.25) is 4.79 Å². The van der Waals surface area contributed by atoms with Crippen molar-refractivity contribution in [2.45, 2.75) is 52.9 Å². The first-order chi connectivity index (χ1) is 8.65. The van der Waals surface area contributed by atoms with Crippen molar-refractivity contribution in [3.8, 4) is 5.75 Å². The number of aryl methyl sites for hydroxylation is 1. The first-order valence-corrected chi connectivity index (χ1v) is 6.89. The molecule has 0 amide bonds. The van der Waals surface area contributed by atoms with E-state index in [1.807, 2.05) is 25.1 Å². The lowest BCUT2D eigenvalue weighted by Gasteiger charge is -2.09. The predicted octanol–water partition coefficient (Wildman–Crippen LogP) is 4.55. The molecule has 0 heterocycles. The van der Waals surface area contributed by atoms with Crippen LogP contribution in [0.25, 0.3) is 0 Å². The average molecular weight is 248 g/mol. The number of carbonyl (C=O) groups is 1. The number of carbonyl (C=O) groups excluding carboxylic acids is 1. The highest BCUT2D eigenvalue weighted by molar-refractivity contribution is 5.94. The summed E-state index contributed by atoms with van der Waals surface area (Å²) >= 11 is 0. The molecule has 1 aromatic carbocycles. The summed E-state index contributed by atoms with van der Waals surface area (Å²) in [5, 5.41) is 0. The van der Waals surface area contributed by atoms with Crippen LogP contribution in [0.5, 0.6) is 5.75 Å². The third kappa shape index (κ3) is 4.91. The first kappa shape index (κ1) is 14.7. The number of unbranched alkanes of at least 4 members (excludes halogenated alkanes) is 4. The molecule has 0 aliphatic rings. The minimum absolute atomic E-state index is 0.101. The summed E-state index contributed by atoms with van der Waals surface area (Å²) < 4.78 is 5.74. The van der Waals surface area contributed by atoms with Crippen LogP contribution in [0.3, 0.4) is 0 Å². The molecule has 0 atom stereocenters. The van der Waals surface area contributed by atoms with Crippen LogP contribution >= 0.6 is 0 Å². The van der Waals surface area contributed by atoms with Crippen molar-refractivity contribution in [2.24, 2.45) is 0 Å². The van der Waals surface area contributed by atoms with E-state index in [1.54, 1.807) is 6.92 Å². The molecule has 0 saturated carbocycles. The van der Waals surface area contributed by atoms with Crippen molar-refractivity contribution < 1.29 is 9.53 Å². The summed E-state index contributed by atoms with van der Waals surface area (Å²) in [5.74, 6) is 1.000. The van der Waals surface area contributed by atoms with Gasteiger partial charge in [0.15, 0.2) is 5.78 Å². The van der Waals surface area contributed by atoms with E-state index in [-0.39, 0.29) is 5.78 Å². The predicted molar refractivity (Wildman–Crippen MR) is 75.4 cm³/mol. The van der Waals surface area contributed by atoms with E-state index in [0.717, 1.165) is 29.9 Å². The van der Waals surface area contributed by atoms with E-state index in [1.165, 1.54) is 25.7 Å². The molecule has 0 aliphatic carbocycles. The number of ketones is 1. The van der Waals surface area contributed by atoms with Gasteiger partial charge in [-0.25, -0.2) is 0 Å². The number of benzene rings is 1. The molecule has 0 N–H and O–H groups in total. The Bertz CT molecular complexity index is 383. The Balaban J connectivity index is 2.36. The summed E-state index contributed by atoms with van der Waals surface area (Å²) in [5.41, 5.74) is 1.79. The monoisotopic (exact) mass is 248 g/mol. The van der Waals surface area contributed by atoms with Gasteiger partial charge in [-0.2, -0.15) is 0 Å². The van der Waals surface area contributed by atoms with E-state index in [9.17, 15) is 4.79 Å². The molecule has 2 heteroatoms. The summed E-state index contributed by atoms with van der Waals surface area (Å²) in [6, 6.07) is 5.63. The quantitative estimate of drug-likeness (QED) is 0.498. The van der Waals surface area contributed by atoms with Crippen LogP contribution in [0.2, 0.25) is 0 Å². The van der Waals surface area contributed by atoms with Crippen molar-refractivity contribution in [3.63, 3.8) is 0 Å². The Kier molecular flexibility index (Phi) is 6.48. The third-order valence-corrected chi connectivity index (χ3v) is 3.09. The van der Waals surface area contributed by atoms with Crippen molar-refractivity contribution >= 4 is 5.78 Å². The minimum atomic E-state index is 0.101. The van der Waals surface area contributed by atoms with Crippen LogP contribution in [-0.2, 0) is 0 Å². The molecule has 1 rings (SSSR count). The van der Waals surface area contributed by atoms with Gasteiger partial charge in [0.05, 0.1) is 6.61 Å². The fourth-order valence-electron chi connectivity index (χ4n) is 1.92. The van der Waals surface area contributed by atoms with Gasteiger partial charge in [0.25, 0.3) is 0 Å². The van der Waals surface area contributed by atoms with Crippen molar-refractivity contribution in [1.82, 2.24) is 0 Å². The van der Waals surface area contributed by atoms with Gasteiger partial charge in [0, 0.05) is 5.56 Å². The normalized spacial score (nSPS) is 10.4. The van der Waals surface area contributed by atoms with E-state index < -0.39 is 0 Å². The molecule has 2 nitrogen and oxygen atoms in total. The maximum Gasteiger partial charge on any atom is 0.159 e. The SMILES string of the molecule is CCCCCCCOc1ccc(C(C)=O)cc1C. The van der Waals surface area contributed by atoms with Gasteiger partial charge in [0.1, 0.15) is 5.75 Å². The standard InChI is InChI=1S/C16H24O2/c1-4-5-6-7-8-11-18-16-10-9-15(14(3)17)12-13(16)2/h9-10,12H,4-8,11H2,1-3H3. The van der Waals surface area contributed by atoms with Gasteiger partial charge in [0.2, 0.25) is 0 Å². The largest absolute Gasteiger partial charge is 0.493 e. The fourth-order valence-corrected chi connectivity index (χ4v) is 1.92. The number of rotatable bonds is 8. The van der Waals surface area contributed by atoms with Gasteiger partial charge >= 0.3 is 0 Å². The molecule has 0 bridgehead atoms. The highest BCUT2D eigenvalue weighted by Crippen LogP contribution is 2.19. The smallest absolute Gasteiger partial charge is 0.159 e. The van der Waals surface area contributed by atoms with E-state index >= 15 is 0 Å². The molecule has 0 aromatic heterocycles. The zero-order valence-electron chi connectivity index (χ0n) is 11.8. The molecular weight excluding hydrogens is 224 g/mol. The van der Waals surface area contributed by atoms with Crippen molar-refractivity contribution in [2.75, 3.05) is 6.61 Å². The van der Waals surface area contributed by atoms with Crippen LogP contribution in [0.4, 0.5) is 0 Å². The zero-order chi connectivity index (χ0) is 13.4. The molecule has 0 fully saturated rings. The Morgan fingerprint density at radius 3 is 2.50 bits per heavy atom. The molecule has 0 unspecified atom stereocenters. The first-order valence-electron chi connectivity index (χ1n) is 6.89. The number of ether oxygens (including phenoxy) is 1. The molecule has 0 radical (unpaired) electrons. The van der Waals surface area contributed by atoms with Crippen LogP contribution in [0, 0.1) is 6.92 Å².